The highest BCUT2D eigenvalue weighted by Gasteiger charge is 2.30. The molecule has 0 spiro atoms. The average Bonchev–Trinajstić information content (AvgIpc) is 3.12. The Morgan fingerprint density at radius 1 is 1.08 bits per heavy atom. The smallest absolute Gasteiger partial charge is 0.238 e. The average molecular weight is 378 g/mol. The van der Waals surface area contributed by atoms with Crippen LogP contribution < -0.4 is 0 Å². The van der Waals surface area contributed by atoms with Crippen LogP contribution in [0, 0.1) is 6.57 Å². The summed E-state index contributed by atoms with van der Waals surface area (Å²) >= 11 is 0. The molecule has 3 aromatic rings. The van der Waals surface area contributed by atoms with Gasteiger partial charge in [-0.05, 0) is 24.3 Å². The van der Waals surface area contributed by atoms with E-state index in [1.165, 1.54) is 24.3 Å². The van der Waals surface area contributed by atoms with Crippen LogP contribution in [0.5, 0.6) is 0 Å². The SMILES string of the molecule is [C-]#[N+]c1cccc(S(=O)(=O)n2cnc(-c3ccc(C(F)(F)F)cc3)n2)c1. The monoisotopic (exact) mass is 378 g/mol. The molecular weight excluding hydrogens is 369 g/mol. The normalized spacial score (nSPS) is 11.9. The topological polar surface area (TPSA) is 69.2 Å². The Balaban J connectivity index is 1.95. The van der Waals surface area contributed by atoms with Crippen LogP contribution in [0.3, 0.4) is 0 Å². The van der Waals surface area contributed by atoms with Gasteiger partial charge in [-0.15, -0.1) is 9.19 Å². The maximum Gasteiger partial charge on any atom is 0.416 e. The minimum absolute atomic E-state index is 0.0383. The van der Waals surface area contributed by atoms with Crippen molar-refractivity contribution >= 4 is 15.7 Å². The third-order valence-corrected chi connectivity index (χ3v) is 4.95. The Morgan fingerprint density at radius 3 is 2.38 bits per heavy atom. The molecule has 0 saturated heterocycles. The fourth-order valence-corrected chi connectivity index (χ4v) is 3.22. The summed E-state index contributed by atoms with van der Waals surface area (Å²) in [6.07, 6.45) is -3.52. The number of hydrogen-bond acceptors (Lipinski definition) is 4. The summed E-state index contributed by atoms with van der Waals surface area (Å²) < 4.78 is 63.5. The van der Waals surface area contributed by atoms with Gasteiger partial charge in [-0.3, -0.25) is 0 Å². The molecule has 6 nitrogen and oxygen atoms in total. The van der Waals surface area contributed by atoms with Crippen molar-refractivity contribution in [1.29, 1.82) is 0 Å². The van der Waals surface area contributed by atoms with Gasteiger partial charge >= 0.3 is 6.18 Å². The molecule has 132 valence electrons. The Morgan fingerprint density at radius 2 is 1.77 bits per heavy atom. The minimum Gasteiger partial charge on any atom is -0.238 e. The van der Waals surface area contributed by atoms with Gasteiger partial charge in [0.15, 0.2) is 11.5 Å². The molecule has 1 aromatic heterocycles. The molecule has 0 N–H and O–H groups in total. The Bertz CT molecular complexity index is 1100. The maximum absolute atomic E-state index is 12.6. The molecule has 0 bridgehead atoms. The molecule has 0 atom stereocenters. The molecule has 0 amide bonds. The van der Waals surface area contributed by atoms with E-state index in [1.54, 1.807) is 0 Å². The highest BCUT2D eigenvalue weighted by Crippen LogP contribution is 2.30. The summed E-state index contributed by atoms with van der Waals surface area (Å²) in [5, 5.41) is 3.83. The molecule has 0 saturated carbocycles. The van der Waals surface area contributed by atoms with Crippen LogP contribution in [0.4, 0.5) is 18.9 Å². The molecule has 0 aliphatic rings. The molecular formula is C16H9F3N4O2S. The van der Waals surface area contributed by atoms with Crippen molar-refractivity contribution in [1.82, 2.24) is 14.2 Å². The van der Waals surface area contributed by atoms with E-state index in [2.05, 4.69) is 14.9 Å². The molecule has 26 heavy (non-hydrogen) atoms. The van der Waals surface area contributed by atoms with Crippen molar-refractivity contribution in [3.8, 4) is 11.4 Å². The molecule has 0 aliphatic carbocycles. The van der Waals surface area contributed by atoms with Gasteiger partial charge in [0, 0.05) is 5.56 Å². The molecule has 0 fully saturated rings. The lowest BCUT2D eigenvalue weighted by Crippen LogP contribution is -2.13. The van der Waals surface area contributed by atoms with Crippen molar-refractivity contribution in [3.63, 3.8) is 0 Å². The quantitative estimate of drug-likeness (QED) is 0.651. The Kier molecular flexibility index (Phi) is 4.25. The van der Waals surface area contributed by atoms with Gasteiger partial charge in [-0.1, -0.05) is 24.3 Å². The second-order valence-corrected chi connectivity index (χ2v) is 6.93. The van der Waals surface area contributed by atoms with E-state index in [0.717, 1.165) is 30.6 Å². The molecule has 10 heteroatoms. The molecule has 1 heterocycles. The van der Waals surface area contributed by atoms with E-state index in [0.29, 0.717) is 4.09 Å². The van der Waals surface area contributed by atoms with Crippen LogP contribution in [0.2, 0.25) is 0 Å². The van der Waals surface area contributed by atoms with Crippen LogP contribution >= 0.6 is 0 Å². The third-order valence-electron chi connectivity index (χ3n) is 3.43. The predicted octanol–water partition coefficient (Wildman–Crippen LogP) is 3.75. The van der Waals surface area contributed by atoms with Crippen LogP contribution in [-0.2, 0) is 16.2 Å². The number of hydrogen-bond donors (Lipinski definition) is 0. The summed E-state index contributed by atoms with van der Waals surface area (Å²) in [4.78, 5) is 6.87. The Hall–Kier alpha value is -3.19. The second-order valence-electron chi connectivity index (χ2n) is 5.13. The molecule has 0 radical (unpaired) electrons. The number of nitrogens with zero attached hydrogens (tertiary/aromatic N) is 4. The molecule has 3 rings (SSSR count). The number of benzene rings is 2. The van der Waals surface area contributed by atoms with Gasteiger partial charge in [-0.2, -0.15) is 21.6 Å². The lowest BCUT2D eigenvalue weighted by atomic mass is 10.1. The highest BCUT2D eigenvalue weighted by molar-refractivity contribution is 7.89. The van der Waals surface area contributed by atoms with Crippen LogP contribution in [0.25, 0.3) is 16.2 Å². The third kappa shape index (κ3) is 3.29. The van der Waals surface area contributed by atoms with Crippen molar-refractivity contribution < 1.29 is 21.6 Å². The first-order chi connectivity index (χ1) is 12.2. The van der Waals surface area contributed by atoms with E-state index in [1.807, 2.05) is 0 Å². The summed E-state index contributed by atoms with van der Waals surface area (Å²) in [6, 6.07) is 9.44. The van der Waals surface area contributed by atoms with Crippen LogP contribution in [-0.4, -0.2) is 22.6 Å². The largest absolute Gasteiger partial charge is 0.416 e. The molecule has 0 unspecified atom stereocenters. The first-order valence-electron chi connectivity index (χ1n) is 7.04. The summed E-state index contributed by atoms with van der Waals surface area (Å²) in [6.45, 7) is 6.94. The van der Waals surface area contributed by atoms with E-state index in [9.17, 15) is 21.6 Å². The van der Waals surface area contributed by atoms with Gasteiger partial charge < -0.3 is 0 Å². The minimum atomic E-state index is -4.47. The Labute approximate surface area is 146 Å². The maximum atomic E-state index is 12.6. The van der Waals surface area contributed by atoms with Crippen molar-refractivity contribution in [2.24, 2.45) is 0 Å². The zero-order valence-electron chi connectivity index (χ0n) is 12.8. The highest BCUT2D eigenvalue weighted by atomic mass is 32.2. The van der Waals surface area contributed by atoms with E-state index < -0.39 is 21.8 Å². The lowest BCUT2D eigenvalue weighted by Gasteiger charge is -2.06. The lowest BCUT2D eigenvalue weighted by molar-refractivity contribution is -0.137. The van der Waals surface area contributed by atoms with E-state index >= 15 is 0 Å². The zero-order valence-corrected chi connectivity index (χ0v) is 13.7. The van der Waals surface area contributed by atoms with Crippen molar-refractivity contribution in [3.05, 3.63) is 71.8 Å². The number of halogens is 3. The van der Waals surface area contributed by atoms with E-state index in [-0.39, 0.29) is 22.0 Å². The zero-order chi connectivity index (χ0) is 18.9. The van der Waals surface area contributed by atoms with E-state index in [4.69, 9.17) is 6.57 Å². The van der Waals surface area contributed by atoms with Crippen LogP contribution in [0.1, 0.15) is 5.56 Å². The first-order valence-corrected chi connectivity index (χ1v) is 8.48. The molecule has 0 aliphatic heterocycles. The van der Waals surface area contributed by atoms with Gasteiger partial charge in [0.2, 0.25) is 0 Å². The number of rotatable bonds is 3. The fraction of sp³-hybridized carbons (Fsp3) is 0.0625. The molecule has 2 aromatic carbocycles. The summed E-state index contributed by atoms with van der Waals surface area (Å²) in [7, 11) is -4.07. The fourth-order valence-electron chi connectivity index (χ4n) is 2.13. The standard InChI is InChI=1S/C16H9F3N4O2S/c1-20-13-3-2-4-14(9-13)26(24,25)23-10-21-15(22-23)11-5-7-12(8-6-11)16(17,18)19/h2-10H. The van der Waals surface area contributed by atoms with Gasteiger partial charge in [-0.25, -0.2) is 9.83 Å². The van der Waals surface area contributed by atoms with Crippen LogP contribution in [0.15, 0.2) is 59.8 Å². The van der Waals surface area contributed by atoms with Crippen molar-refractivity contribution in [2.75, 3.05) is 0 Å². The summed E-state index contributed by atoms with van der Waals surface area (Å²) in [5.74, 6) is -0.0383. The number of aromatic nitrogens is 3. The van der Waals surface area contributed by atoms with Gasteiger partial charge in [0.1, 0.15) is 6.33 Å². The second kappa shape index (κ2) is 6.27. The first kappa shape index (κ1) is 17.6. The van der Waals surface area contributed by atoms with Gasteiger partial charge in [0.05, 0.1) is 17.0 Å². The van der Waals surface area contributed by atoms with Crippen molar-refractivity contribution in [2.45, 2.75) is 11.1 Å². The number of alkyl halides is 3. The van der Waals surface area contributed by atoms with Gasteiger partial charge in [0.25, 0.3) is 10.0 Å². The summed E-state index contributed by atoms with van der Waals surface area (Å²) in [5.41, 5.74) is -0.444. The predicted molar refractivity (Wildman–Crippen MR) is 85.7 cm³/mol.